The van der Waals surface area contributed by atoms with Gasteiger partial charge in [-0.05, 0) is 49.6 Å². The predicted octanol–water partition coefficient (Wildman–Crippen LogP) is 2.30. The number of sulfonamides is 2. The second-order valence-electron chi connectivity index (χ2n) is 8.47. The summed E-state index contributed by atoms with van der Waals surface area (Å²) in [4.78, 5) is 13.1. The van der Waals surface area contributed by atoms with Crippen LogP contribution in [0, 0.1) is 12.8 Å². The average Bonchev–Trinajstić information content (AvgIpc) is 2.84. The van der Waals surface area contributed by atoms with Gasteiger partial charge in [0, 0.05) is 38.9 Å². The summed E-state index contributed by atoms with van der Waals surface area (Å²) in [6.07, 6.45) is 0.999. The van der Waals surface area contributed by atoms with E-state index in [1.54, 1.807) is 19.1 Å². The number of rotatable bonds is 8. The fraction of sp³-hybridized carbons (Fsp3) is 0.435. The van der Waals surface area contributed by atoms with E-state index in [1.165, 1.54) is 56.9 Å². The number of ether oxygens (including phenoxy) is 2. The number of amides is 1. The molecule has 0 saturated carbocycles. The highest BCUT2D eigenvalue weighted by Crippen LogP contribution is 2.33. The normalized spacial score (nSPS) is 17.3. The van der Waals surface area contributed by atoms with E-state index in [4.69, 9.17) is 9.47 Å². The van der Waals surface area contributed by atoms with E-state index in [2.05, 4.69) is 5.32 Å². The molecule has 1 aliphatic rings. The molecule has 1 saturated heterocycles. The van der Waals surface area contributed by atoms with Crippen molar-refractivity contribution in [2.24, 2.45) is 5.92 Å². The fourth-order valence-electron chi connectivity index (χ4n) is 3.84. The Morgan fingerprint density at radius 1 is 1.06 bits per heavy atom. The first-order chi connectivity index (χ1) is 16.4. The van der Waals surface area contributed by atoms with Crippen molar-refractivity contribution >= 4 is 31.6 Å². The quantitative estimate of drug-likeness (QED) is 0.561. The van der Waals surface area contributed by atoms with Crippen LogP contribution in [0.15, 0.2) is 46.2 Å². The molecular formula is C23H31N3O7S2. The Bertz CT molecular complexity index is 1310. The molecule has 1 unspecified atom stereocenters. The number of nitrogens with one attached hydrogen (secondary N) is 1. The molecule has 1 heterocycles. The minimum atomic E-state index is -3.96. The molecule has 2 aromatic carbocycles. The number of aryl methyl sites for hydroxylation is 1. The molecule has 0 aromatic heterocycles. The lowest BCUT2D eigenvalue weighted by molar-refractivity contribution is -0.120. The molecular weight excluding hydrogens is 494 g/mol. The number of anilines is 1. The second-order valence-corrected chi connectivity index (χ2v) is 12.5. The van der Waals surface area contributed by atoms with E-state index >= 15 is 0 Å². The molecule has 1 aliphatic heterocycles. The summed E-state index contributed by atoms with van der Waals surface area (Å²) < 4.78 is 64.6. The van der Waals surface area contributed by atoms with Crippen LogP contribution in [0.2, 0.25) is 0 Å². The monoisotopic (exact) mass is 525 g/mol. The number of piperidine rings is 1. The standard InChI is InChI=1S/C23H31N3O7S2/c1-16-8-10-19(34(28,29)25(2)3)14-20(16)24-23(27)17-7-6-12-26(15-17)35(30,31)22-13-18(32-4)9-11-21(22)33-5/h8-11,13-14,17H,6-7,12,15H2,1-5H3,(H,24,27). The fourth-order valence-corrected chi connectivity index (χ4v) is 6.46. The third kappa shape index (κ3) is 5.61. The summed E-state index contributed by atoms with van der Waals surface area (Å²) in [7, 11) is -1.93. The molecule has 1 amide bonds. The molecule has 1 N–H and O–H groups in total. The van der Waals surface area contributed by atoms with Gasteiger partial charge in [0.1, 0.15) is 16.4 Å². The van der Waals surface area contributed by atoms with Crippen LogP contribution in [0.1, 0.15) is 18.4 Å². The third-order valence-electron chi connectivity index (χ3n) is 5.99. The summed E-state index contributed by atoms with van der Waals surface area (Å²) in [5, 5.41) is 2.80. The van der Waals surface area contributed by atoms with Crippen LogP contribution in [0.5, 0.6) is 11.5 Å². The molecule has 0 spiro atoms. The Morgan fingerprint density at radius 2 is 1.77 bits per heavy atom. The predicted molar refractivity (Wildman–Crippen MR) is 132 cm³/mol. The number of methoxy groups -OCH3 is 2. The Hall–Kier alpha value is -2.67. The second kappa shape index (κ2) is 10.5. The average molecular weight is 526 g/mol. The summed E-state index contributed by atoms with van der Waals surface area (Å²) in [6.45, 7) is 2.01. The molecule has 1 atom stereocenters. The van der Waals surface area contributed by atoms with Crippen LogP contribution in [0.25, 0.3) is 0 Å². The Kier molecular flexibility index (Phi) is 8.10. The summed E-state index contributed by atoms with van der Waals surface area (Å²) >= 11 is 0. The molecule has 12 heteroatoms. The first kappa shape index (κ1) is 26.9. The van der Waals surface area contributed by atoms with E-state index in [-0.39, 0.29) is 34.5 Å². The highest BCUT2D eigenvalue weighted by molar-refractivity contribution is 7.89. The molecule has 0 radical (unpaired) electrons. The van der Waals surface area contributed by atoms with Crippen molar-refractivity contribution in [3.8, 4) is 11.5 Å². The minimum Gasteiger partial charge on any atom is -0.497 e. The van der Waals surface area contributed by atoms with E-state index in [9.17, 15) is 21.6 Å². The van der Waals surface area contributed by atoms with Crippen molar-refractivity contribution in [3.05, 3.63) is 42.0 Å². The molecule has 2 aromatic rings. The number of hydrogen-bond donors (Lipinski definition) is 1. The van der Waals surface area contributed by atoms with Crippen LogP contribution in [-0.4, -0.2) is 72.8 Å². The first-order valence-electron chi connectivity index (χ1n) is 11.0. The van der Waals surface area contributed by atoms with Crippen LogP contribution in [0.3, 0.4) is 0 Å². The smallest absolute Gasteiger partial charge is 0.246 e. The van der Waals surface area contributed by atoms with Gasteiger partial charge in [-0.1, -0.05) is 6.07 Å². The SMILES string of the molecule is COc1ccc(OC)c(S(=O)(=O)N2CCCC(C(=O)Nc3cc(S(=O)(=O)N(C)C)ccc3C)C2)c1. The van der Waals surface area contributed by atoms with Crippen molar-refractivity contribution in [2.75, 3.05) is 46.7 Å². The first-order valence-corrected chi connectivity index (χ1v) is 13.9. The highest BCUT2D eigenvalue weighted by Gasteiger charge is 2.35. The summed E-state index contributed by atoms with van der Waals surface area (Å²) in [5.41, 5.74) is 1.06. The Morgan fingerprint density at radius 3 is 2.40 bits per heavy atom. The van der Waals surface area contributed by atoms with E-state index in [1.807, 2.05) is 0 Å². The van der Waals surface area contributed by atoms with Gasteiger partial charge in [-0.3, -0.25) is 4.79 Å². The Labute approximate surface area is 206 Å². The summed E-state index contributed by atoms with van der Waals surface area (Å²) in [5.74, 6) is -0.417. The van der Waals surface area contributed by atoms with Gasteiger partial charge >= 0.3 is 0 Å². The lowest BCUT2D eigenvalue weighted by atomic mass is 9.98. The topological polar surface area (TPSA) is 122 Å². The minimum absolute atomic E-state index is 0.0106. The summed E-state index contributed by atoms with van der Waals surface area (Å²) in [6, 6.07) is 9.06. The van der Waals surface area contributed by atoms with E-state index < -0.39 is 26.0 Å². The van der Waals surface area contributed by atoms with Gasteiger partial charge < -0.3 is 14.8 Å². The molecule has 3 rings (SSSR count). The van der Waals surface area contributed by atoms with Crippen molar-refractivity contribution in [1.82, 2.24) is 8.61 Å². The van der Waals surface area contributed by atoms with E-state index in [0.29, 0.717) is 29.8 Å². The van der Waals surface area contributed by atoms with Crippen LogP contribution in [-0.2, 0) is 24.8 Å². The number of hydrogen-bond acceptors (Lipinski definition) is 7. The van der Waals surface area contributed by atoms with Gasteiger partial charge in [0.2, 0.25) is 26.0 Å². The maximum absolute atomic E-state index is 13.4. The van der Waals surface area contributed by atoms with Gasteiger partial charge in [-0.15, -0.1) is 0 Å². The van der Waals surface area contributed by atoms with Crippen molar-refractivity contribution in [3.63, 3.8) is 0 Å². The molecule has 0 aliphatic carbocycles. The number of nitrogens with zero attached hydrogens (tertiary/aromatic N) is 2. The third-order valence-corrected chi connectivity index (χ3v) is 9.69. The molecule has 1 fully saturated rings. The molecule has 35 heavy (non-hydrogen) atoms. The van der Waals surface area contributed by atoms with Crippen LogP contribution < -0.4 is 14.8 Å². The maximum Gasteiger partial charge on any atom is 0.246 e. The highest BCUT2D eigenvalue weighted by atomic mass is 32.2. The van der Waals surface area contributed by atoms with Gasteiger partial charge in [0.05, 0.1) is 25.0 Å². The van der Waals surface area contributed by atoms with Crippen LogP contribution in [0.4, 0.5) is 5.69 Å². The van der Waals surface area contributed by atoms with E-state index in [0.717, 1.165) is 4.31 Å². The number of carbonyl (C=O) groups is 1. The van der Waals surface area contributed by atoms with Gasteiger partial charge in [-0.25, -0.2) is 21.1 Å². The zero-order chi connectivity index (χ0) is 26.0. The maximum atomic E-state index is 13.4. The van der Waals surface area contributed by atoms with Crippen molar-refractivity contribution < 1.29 is 31.1 Å². The molecule has 192 valence electrons. The van der Waals surface area contributed by atoms with Crippen LogP contribution >= 0.6 is 0 Å². The largest absolute Gasteiger partial charge is 0.497 e. The molecule has 0 bridgehead atoms. The zero-order valence-corrected chi connectivity index (χ0v) is 22.1. The molecule has 10 nitrogen and oxygen atoms in total. The van der Waals surface area contributed by atoms with Crippen molar-refractivity contribution in [2.45, 2.75) is 29.6 Å². The zero-order valence-electron chi connectivity index (χ0n) is 20.4. The lowest BCUT2D eigenvalue weighted by Crippen LogP contribution is -2.43. The lowest BCUT2D eigenvalue weighted by Gasteiger charge is -2.31. The Balaban J connectivity index is 1.83. The van der Waals surface area contributed by atoms with Gasteiger partial charge in [0.15, 0.2) is 0 Å². The van der Waals surface area contributed by atoms with Gasteiger partial charge in [-0.2, -0.15) is 4.31 Å². The van der Waals surface area contributed by atoms with Gasteiger partial charge in [0.25, 0.3) is 0 Å². The number of benzene rings is 2. The van der Waals surface area contributed by atoms with Crippen molar-refractivity contribution in [1.29, 1.82) is 0 Å². The number of carbonyl (C=O) groups excluding carboxylic acids is 1.